The molecule has 2 saturated heterocycles. The van der Waals surface area contributed by atoms with Crippen LogP contribution in [0.4, 0.5) is 11.8 Å². The van der Waals surface area contributed by atoms with E-state index in [1.807, 2.05) is 19.1 Å². The average Bonchev–Trinajstić information content (AvgIpc) is 3.14. The van der Waals surface area contributed by atoms with E-state index >= 15 is 0 Å². The van der Waals surface area contributed by atoms with E-state index in [9.17, 15) is 9.59 Å². The summed E-state index contributed by atoms with van der Waals surface area (Å²) in [5, 5.41) is 0. The molecule has 4 heterocycles. The Balaban J connectivity index is 1.25. The molecular weight excluding hydrogens is 412 g/mol. The van der Waals surface area contributed by atoms with Gasteiger partial charge in [-0.3, -0.25) is 9.36 Å². The molecule has 10 nitrogen and oxygen atoms in total. The number of morpholine rings is 1. The predicted octanol–water partition coefficient (Wildman–Crippen LogP) is 0.878. The summed E-state index contributed by atoms with van der Waals surface area (Å²) in [4.78, 5) is 40.6. The van der Waals surface area contributed by atoms with Crippen LogP contribution in [0.1, 0.15) is 5.69 Å². The zero-order valence-electron chi connectivity index (χ0n) is 18.1. The summed E-state index contributed by atoms with van der Waals surface area (Å²) in [7, 11) is 0. The van der Waals surface area contributed by atoms with Gasteiger partial charge in [-0.15, -0.1) is 0 Å². The lowest BCUT2D eigenvalue weighted by Crippen LogP contribution is -2.50. The molecule has 0 unspecified atom stereocenters. The van der Waals surface area contributed by atoms with Gasteiger partial charge < -0.3 is 23.9 Å². The number of oxazole rings is 1. The summed E-state index contributed by atoms with van der Waals surface area (Å²) in [6.45, 7) is 7.36. The maximum atomic E-state index is 12.9. The van der Waals surface area contributed by atoms with Crippen LogP contribution in [0.15, 0.2) is 39.5 Å². The molecule has 0 N–H and O–H groups in total. The molecule has 3 aromatic rings. The van der Waals surface area contributed by atoms with E-state index in [2.05, 4.69) is 14.8 Å². The van der Waals surface area contributed by atoms with E-state index < -0.39 is 5.76 Å². The molecule has 168 valence electrons. The number of carbonyl (C=O) groups is 1. The number of amides is 1. The van der Waals surface area contributed by atoms with Crippen molar-refractivity contribution in [2.45, 2.75) is 13.5 Å². The number of hydrogen-bond acceptors (Lipinski definition) is 8. The third-order valence-electron chi connectivity index (χ3n) is 5.95. The molecule has 5 rings (SSSR count). The predicted molar refractivity (Wildman–Crippen MR) is 119 cm³/mol. The number of aromatic nitrogens is 3. The Bertz CT molecular complexity index is 1170. The highest BCUT2D eigenvalue weighted by molar-refractivity contribution is 5.79. The molecule has 2 aromatic heterocycles. The molecule has 0 bridgehead atoms. The normalized spacial score (nSPS) is 17.2. The lowest BCUT2D eigenvalue weighted by Gasteiger charge is -2.35. The molecule has 0 aliphatic carbocycles. The van der Waals surface area contributed by atoms with Gasteiger partial charge in [0.1, 0.15) is 12.4 Å². The second kappa shape index (κ2) is 8.62. The number of hydrogen-bond donors (Lipinski definition) is 0. The third-order valence-corrected chi connectivity index (χ3v) is 5.95. The summed E-state index contributed by atoms with van der Waals surface area (Å²) >= 11 is 0. The molecule has 2 fully saturated rings. The molecule has 0 saturated carbocycles. The first-order valence-electron chi connectivity index (χ1n) is 10.9. The number of para-hydroxylation sites is 2. The largest absolute Gasteiger partial charge is 0.420 e. The summed E-state index contributed by atoms with van der Waals surface area (Å²) < 4.78 is 12.1. The van der Waals surface area contributed by atoms with Crippen LogP contribution in [0, 0.1) is 6.92 Å². The Hall–Kier alpha value is -3.40. The Morgan fingerprint density at radius 2 is 1.75 bits per heavy atom. The Labute approximate surface area is 185 Å². The van der Waals surface area contributed by atoms with Gasteiger partial charge in [-0.2, -0.15) is 4.98 Å². The van der Waals surface area contributed by atoms with Crippen molar-refractivity contribution in [1.29, 1.82) is 0 Å². The van der Waals surface area contributed by atoms with Gasteiger partial charge in [-0.1, -0.05) is 12.1 Å². The van der Waals surface area contributed by atoms with Crippen molar-refractivity contribution in [3.63, 3.8) is 0 Å². The van der Waals surface area contributed by atoms with Gasteiger partial charge in [-0.25, -0.2) is 9.78 Å². The smallest absolute Gasteiger partial charge is 0.408 e. The lowest BCUT2D eigenvalue weighted by atomic mass is 10.3. The summed E-state index contributed by atoms with van der Waals surface area (Å²) in [5.41, 5.74) is 2.04. The van der Waals surface area contributed by atoms with Gasteiger partial charge in [0, 0.05) is 51.0 Å². The molecule has 0 radical (unpaired) electrons. The van der Waals surface area contributed by atoms with Gasteiger partial charge in [0.15, 0.2) is 5.58 Å². The van der Waals surface area contributed by atoms with E-state index in [1.165, 1.54) is 4.57 Å². The van der Waals surface area contributed by atoms with Gasteiger partial charge in [0.25, 0.3) is 0 Å². The minimum atomic E-state index is -0.512. The van der Waals surface area contributed by atoms with Crippen molar-refractivity contribution in [2.24, 2.45) is 0 Å². The topological polar surface area (TPSA) is 96.9 Å². The molecule has 0 atom stereocenters. The minimum absolute atomic E-state index is 0.0298. The number of rotatable bonds is 4. The van der Waals surface area contributed by atoms with Crippen LogP contribution in [-0.2, 0) is 16.1 Å². The summed E-state index contributed by atoms with van der Waals surface area (Å²) in [5.74, 6) is 0.996. The molecule has 10 heteroatoms. The van der Waals surface area contributed by atoms with Crippen LogP contribution >= 0.6 is 0 Å². The maximum Gasteiger partial charge on any atom is 0.420 e. The van der Waals surface area contributed by atoms with Crippen molar-refractivity contribution in [2.75, 3.05) is 62.3 Å². The van der Waals surface area contributed by atoms with Gasteiger partial charge >= 0.3 is 5.76 Å². The molecule has 2 aliphatic rings. The second-order valence-electron chi connectivity index (χ2n) is 8.06. The van der Waals surface area contributed by atoms with E-state index in [0.717, 1.165) is 24.6 Å². The first-order valence-corrected chi connectivity index (χ1v) is 10.9. The van der Waals surface area contributed by atoms with Gasteiger partial charge in [0.2, 0.25) is 11.9 Å². The zero-order chi connectivity index (χ0) is 22.1. The average molecular weight is 438 g/mol. The molecule has 1 aromatic carbocycles. The number of ether oxygens (including phenoxy) is 1. The van der Waals surface area contributed by atoms with Crippen molar-refractivity contribution < 1.29 is 13.9 Å². The number of nitrogens with zero attached hydrogens (tertiary/aromatic N) is 6. The van der Waals surface area contributed by atoms with Crippen LogP contribution in [0.2, 0.25) is 0 Å². The van der Waals surface area contributed by atoms with E-state index in [-0.39, 0.29) is 12.5 Å². The summed E-state index contributed by atoms with van der Waals surface area (Å²) in [6.07, 6.45) is 0. The molecule has 32 heavy (non-hydrogen) atoms. The minimum Gasteiger partial charge on any atom is -0.408 e. The highest BCUT2D eigenvalue weighted by atomic mass is 16.5. The number of piperazine rings is 1. The standard InChI is InChI=1S/C22H26N6O4/c1-16-14-19(25-10-12-31-13-11-25)24-21(23-16)27-8-6-26(7-9-27)20(29)15-28-17-4-2-3-5-18(17)32-22(28)30/h2-5,14H,6-13,15H2,1H3. The highest BCUT2D eigenvalue weighted by Gasteiger charge is 2.25. The van der Waals surface area contributed by atoms with E-state index in [1.54, 1.807) is 23.1 Å². The number of aryl methyl sites for hydroxylation is 1. The number of anilines is 2. The number of benzene rings is 1. The fraction of sp³-hybridized carbons (Fsp3) is 0.455. The summed E-state index contributed by atoms with van der Waals surface area (Å²) in [6, 6.07) is 9.14. The van der Waals surface area contributed by atoms with Crippen molar-refractivity contribution in [3.05, 3.63) is 46.6 Å². The maximum absolute atomic E-state index is 12.9. The SMILES string of the molecule is Cc1cc(N2CCOCC2)nc(N2CCN(C(=O)Cn3c(=O)oc4ccccc43)CC2)n1. The molecule has 2 aliphatic heterocycles. The lowest BCUT2D eigenvalue weighted by molar-refractivity contribution is -0.132. The first-order chi connectivity index (χ1) is 15.6. The third kappa shape index (κ3) is 4.05. The Morgan fingerprint density at radius 3 is 2.53 bits per heavy atom. The second-order valence-corrected chi connectivity index (χ2v) is 8.06. The van der Waals surface area contributed by atoms with E-state index in [0.29, 0.717) is 56.4 Å². The van der Waals surface area contributed by atoms with Gasteiger partial charge in [0.05, 0.1) is 18.7 Å². The fourth-order valence-electron chi connectivity index (χ4n) is 4.19. The van der Waals surface area contributed by atoms with Crippen LogP contribution < -0.4 is 15.6 Å². The van der Waals surface area contributed by atoms with E-state index in [4.69, 9.17) is 14.1 Å². The monoisotopic (exact) mass is 438 g/mol. The van der Waals surface area contributed by atoms with Gasteiger partial charge in [-0.05, 0) is 19.1 Å². The quantitative estimate of drug-likeness (QED) is 0.592. The van der Waals surface area contributed by atoms with Crippen LogP contribution in [0.5, 0.6) is 0 Å². The van der Waals surface area contributed by atoms with Crippen LogP contribution in [-0.4, -0.2) is 77.8 Å². The van der Waals surface area contributed by atoms with Crippen molar-refractivity contribution in [3.8, 4) is 0 Å². The first kappa shape index (κ1) is 20.5. The molecule has 1 amide bonds. The number of carbonyl (C=O) groups excluding carboxylic acids is 1. The van der Waals surface area contributed by atoms with Crippen LogP contribution in [0.25, 0.3) is 11.1 Å². The van der Waals surface area contributed by atoms with Crippen molar-refractivity contribution >= 4 is 28.8 Å². The number of fused-ring (bicyclic) bond motifs is 1. The highest BCUT2D eigenvalue weighted by Crippen LogP contribution is 2.20. The van der Waals surface area contributed by atoms with Crippen LogP contribution in [0.3, 0.4) is 0 Å². The zero-order valence-corrected chi connectivity index (χ0v) is 18.1. The Morgan fingerprint density at radius 1 is 1.00 bits per heavy atom. The fourth-order valence-corrected chi connectivity index (χ4v) is 4.19. The molecule has 0 spiro atoms. The molecular formula is C22H26N6O4. The van der Waals surface area contributed by atoms with Crippen molar-refractivity contribution in [1.82, 2.24) is 19.4 Å². The Kier molecular flexibility index (Phi) is 5.52.